The smallest absolute Gasteiger partial charge is 0.326 e. The Labute approximate surface area is 95.6 Å². The fraction of sp³-hybridized carbons (Fsp3) is 0.818. The molecule has 1 heterocycles. The molecule has 1 aliphatic rings. The minimum atomic E-state index is -0.882. The van der Waals surface area contributed by atoms with E-state index in [4.69, 9.17) is 10.8 Å². The van der Waals surface area contributed by atoms with E-state index in [1.54, 1.807) is 0 Å². The third-order valence-electron chi connectivity index (χ3n) is 2.95. The Morgan fingerprint density at radius 2 is 2.06 bits per heavy atom. The van der Waals surface area contributed by atoms with Crippen LogP contribution in [0.25, 0.3) is 0 Å². The summed E-state index contributed by atoms with van der Waals surface area (Å²) < 4.78 is 0. The first-order chi connectivity index (χ1) is 7.66. The summed E-state index contributed by atoms with van der Waals surface area (Å²) in [5.74, 6) is -0.908. The van der Waals surface area contributed by atoms with Gasteiger partial charge in [-0.2, -0.15) is 0 Å². The summed E-state index contributed by atoms with van der Waals surface area (Å²) in [5.41, 5.74) is 5.36. The lowest BCUT2D eigenvalue weighted by Gasteiger charge is -2.21. The lowest BCUT2D eigenvalue weighted by Crippen LogP contribution is -2.40. The van der Waals surface area contributed by atoms with Crippen LogP contribution in [0, 0.1) is 0 Å². The number of unbranched alkanes of at least 4 members (excludes halogenated alkanes) is 2. The van der Waals surface area contributed by atoms with Gasteiger partial charge in [0.1, 0.15) is 6.04 Å². The summed E-state index contributed by atoms with van der Waals surface area (Å²) in [6.45, 7) is 1.24. The molecule has 0 bridgehead atoms. The number of carboxylic acids is 1. The molecule has 1 fully saturated rings. The van der Waals surface area contributed by atoms with E-state index < -0.39 is 12.0 Å². The Morgan fingerprint density at radius 1 is 1.31 bits per heavy atom. The summed E-state index contributed by atoms with van der Waals surface area (Å²) in [4.78, 5) is 24.1. The number of rotatable bonds is 6. The number of nitrogens with two attached hydrogens (primary N) is 1. The van der Waals surface area contributed by atoms with Crippen LogP contribution in [0.4, 0.5) is 0 Å². The number of hydrogen-bond acceptors (Lipinski definition) is 3. The van der Waals surface area contributed by atoms with Gasteiger partial charge in [-0.25, -0.2) is 4.79 Å². The van der Waals surface area contributed by atoms with Crippen molar-refractivity contribution in [1.82, 2.24) is 4.90 Å². The van der Waals surface area contributed by atoms with Crippen molar-refractivity contribution in [2.75, 3.05) is 13.1 Å². The second-order valence-corrected chi connectivity index (χ2v) is 4.18. The van der Waals surface area contributed by atoms with E-state index in [-0.39, 0.29) is 5.91 Å². The monoisotopic (exact) mass is 228 g/mol. The molecular weight excluding hydrogens is 208 g/mol. The molecule has 1 atom stereocenters. The van der Waals surface area contributed by atoms with E-state index in [2.05, 4.69) is 0 Å². The molecule has 0 spiro atoms. The standard InChI is InChI=1S/C11H20N2O3/c12-7-3-1-2-6-10(14)13-8-4-5-9(13)11(15)16/h9H,1-8,12H2,(H,15,16)/t9-/m1/s1. The van der Waals surface area contributed by atoms with Gasteiger partial charge >= 0.3 is 5.97 Å². The minimum Gasteiger partial charge on any atom is -0.480 e. The minimum absolute atomic E-state index is 0.0260. The predicted octanol–water partition coefficient (Wildman–Crippen LogP) is 0.581. The highest BCUT2D eigenvalue weighted by atomic mass is 16.4. The molecule has 1 aliphatic heterocycles. The van der Waals surface area contributed by atoms with Gasteiger partial charge in [-0.15, -0.1) is 0 Å². The Kier molecular flexibility index (Phi) is 5.25. The molecule has 1 amide bonds. The number of aliphatic carboxylic acids is 1. The van der Waals surface area contributed by atoms with Crippen LogP contribution in [-0.4, -0.2) is 41.0 Å². The van der Waals surface area contributed by atoms with Gasteiger partial charge in [0.25, 0.3) is 0 Å². The summed E-state index contributed by atoms with van der Waals surface area (Å²) in [6, 6.07) is -0.595. The van der Waals surface area contributed by atoms with Gasteiger partial charge in [-0.1, -0.05) is 6.42 Å². The first-order valence-electron chi connectivity index (χ1n) is 5.89. The van der Waals surface area contributed by atoms with Crippen molar-refractivity contribution in [3.05, 3.63) is 0 Å². The Morgan fingerprint density at radius 3 is 2.69 bits per heavy atom. The zero-order valence-electron chi connectivity index (χ0n) is 9.52. The van der Waals surface area contributed by atoms with E-state index in [0.29, 0.717) is 25.9 Å². The summed E-state index contributed by atoms with van der Waals surface area (Å²) >= 11 is 0. The van der Waals surface area contributed by atoms with Crippen molar-refractivity contribution in [3.63, 3.8) is 0 Å². The van der Waals surface area contributed by atoms with Crippen LogP contribution >= 0.6 is 0 Å². The van der Waals surface area contributed by atoms with E-state index in [1.165, 1.54) is 4.90 Å². The lowest BCUT2D eigenvalue weighted by atomic mass is 10.1. The quantitative estimate of drug-likeness (QED) is 0.651. The van der Waals surface area contributed by atoms with Crippen molar-refractivity contribution < 1.29 is 14.7 Å². The predicted molar refractivity (Wildman–Crippen MR) is 59.9 cm³/mol. The number of carbonyl (C=O) groups excluding carboxylic acids is 1. The van der Waals surface area contributed by atoms with Crippen LogP contribution in [0.3, 0.4) is 0 Å². The van der Waals surface area contributed by atoms with Crippen LogP contribution in [0.2, 0.25) is 0 Å². The van der Waals surface area contributed by atoms with Gasteiger partial charge in [-0.3, -0.25) is 4.79 Å². The maximum Gasteiger partial charge on any atom is 0.326 e. The average molecular weight is 228 g/mol. The van der Waals surface area contributed by atoms with Crippen LogP contribution < -0.4 is 5.73 Å². The van der Waals surface area contributed by atoms with E-state index >= 15 is 0 Å². The maximum absolute atomic E-state index is 11.8. The van der Waals surface area contributed by atoms with Crippen molar-refractivity contribution in [3.8, 4) is 0 Å². The second-order valence-electron chi connectivity index (χ2n) is 4.18. The highest BCUT2D eigenvalue weighted by molar-refractivity contribution is 5.84. The number of hydrogen-bond donors (Lipinski definition) is 2. The number of likely N-dealkylation sites (tertiary alicyclic amines) is 1. The molecule has 1 saturated heterocycles. The third-order valence-corrected chi connectivity index (χ3v) is 2.95. The van der Waals surface area contributed by atoms with Gasteiger partial charge in [0.2, 0.25) is 5.91 Å². The van der Waals surface area contributed by atoms with Gasteiger partial charge < -0.3 is 15.7 Å². The van der Waals surface area contributed by atoms with Crippen LogP contribution in [0.5, 0.6) is 0 Å². The van der Waals surface area contributed by atoms with Crippen LogP contribution in [0.15, 0.2) is 0 Å². The van der Waals surface area contributed by atoms with Gasteiger partial charge in [0.05, 0.1) is 0 Å². The summed E-state index contributed by atoms with van der Waals surface area (Å²) in [7, 11) is 0. The number of carbonyl (C=O) groups is 2. The molecule has 5 heteroatoms. The van der Waals surface area contributed by atoms with E-state index in [9.17, 15) is 9.59 Å². The second kappa shape index (κ2) is 6.48. The normalized spacial score (nSPS) is 20.1. The first kappa shape index (κ1) is 13.0. The highest BCUT2D eigenvalue weighted by Crippen LogP contribution is 2.19. The molecule has 0 aromatic carbocycles. The van der Waals surface area contributed by atoms with Gasteiger partial charge in [0, 0.05) is 13.0 Å². The molecule has 5 nitrogen and oxygen atoms in total. The molecule has 92 valence electrons. The molecule has 0 aromatic heterocycles. The molecular formula is C11H20N2O3. The summed E-state index contributed by atoms with van der Waals surface area (Å²) in [5, 5.41) is 8.93. The summed E-state index contributed by atoms with van der Waals surface area (Å²) in [6.07, 6.45) is 4.50. The van der Waals surface area contributed by atoms with Gasteiger partial charge in [-0.05, 0) is 32.2 Å². The molecule has 16 heavy (non-hydrogen) atoms. The zero-order valence-corrected chi connectivity index (χ0v) is 9.52. The zero-order chi connectivity index (χ0) is 12.0. The largest absolute Gasteiger partial charge is 0.480 e. The molecule has 1 rings (SSSR count). The highest BCUT2D eigenvalue weighted by Gasteiger charge is 2.33. The lowest BCUT2D eigenvalue weighted by molar-refractivity contribution is -0.148. The first-order valence-corrected chi connectivity index (χ1v) is 5.89. The average Bonchev–Trinajstić information content (AvgIpc) is 2.73. The Bertz CT molecular complexity index is 256. The fourth-order valence-electron chi connectivity index (χ4n) is 2.06. The maximum atomic E-state index is 11.8. The van der Waals surface area contributed by atoms with Gasteiger partial charge in [0.15, 0.2) is 0 Å². The Balaban J connectivity index is 2.32. The fourth-order valence-corrected chi connectivity index (χ4v) is 2.06. The van der Waals surface area contributed by atoms with Crippen molar-refractivity contribution in [1.29, 1.82) is 0 Å². The van der Waals surface area contributed by atoms with Crippen LogP contribution in [0.1, 0.15) is 38.5 Å². The molecule has 0 unspecified atom stereocenters. The van der Waals surface area contributed by atoms with Crippen molar-refractivity contribution in [2.24, 2.45) is 5.73 Å². The van der Waals surface area contributed by atoms with Crippen molar-refractivity contribution in [2.45, 2.75) is 44.6 Å². The number of amides is 1. The molecule has 0 radical (unpaired) electrons. The van der Waals surface area contributed by atoms with Crippen molar-refractivity contribution >= 4 is 11.9 Å². The third kappa shape index (κ3) is 3.48. The van der Waals surface area contributed by atoms with E-state index in [1.807, 2.05) is 0 Å². The molecule has 0 aliphatic carbocycles. The SMILES string of the molecule is NCCCCCC(=O)N1CCC[C@@H]1C(=O)O. The van der Waals surface area contributed by atoms with E-state index in [0.717, 1.165) is 25.7 Å². The van der Waals surface area contributed by atoms with Crippen LogP contribution in [-0.2, 0) is 9.59 Å². The topological polar surface area (TPSA) is 83.6 Å². The molecule has 3 N–H and O–H groups in total. The Hall–Kier alpha value is -1.10. The number of nitrogens with zero attached hydrogens (tertiary/aromatic N) is 1. The molecule has 0 saturated carbocycles. The number of carboxylic acid groups (broad SMARTS) is 1. The molecule has 0 aromatic rings.